The minimum absolute atomic E-state index is 0. The first kappa shape index (κ1) is 19.7. The predicted molar refractivity (Wildman–Crippen MR) is 91.3 cm³/mol. The molecule has 130 valence electrons. The van der Waals surface area contributed by atoms with Gasteiger partial charge in [0.1, 0.15) is 11.6 Å². The Balaban J connectivity index is 0.00000264. The molecule has 1 fully saturated rings. The van der Waals surface area contributed by atoms with Crippen LogP contribution >= 0.6 is 12.4 Å². The van der Waals surface area contributed by atoms with E-state index in [9.17, 15) is 9.18 Å². The summed E-state index contributed by atoms with van der Waals surface area (Å²) in [5.74, 6) is 0.891. The van der Waals surface area contributed by atoms with Gasteiger partial charge in [-0.3, -0.25) is 4.79 Å². The normalized spacial score (nSPS) is 16.6. The lowest BCUT2D eigenvalue weighted by atomic mass is 9.91. The molecule has 1 aromatic carbocycles. The first-order valence-electron chi connectivity index (χ1n) is 7.98. The number of benzene rings is 1. The molecule has 1 aliphatic rings. The summed E-state index contributed by atoms with van der Waals surface area (Å²) in [6, 6.07) is 6.25. The fraction of sp³-hybridized carbons (Fsp3) is 0.588. The fourth-order valence-electron chi connectivity index (χ4n) is 2.80. The molecular formula is C17H26ClFN2O2. The van der Waals surface area contributed by atoms with Crippen molar-refractivity contribution in [3.8, 4) is 5.75 Å². The lowest BCUT2D eigenvalue weighted by Gasteiger charge is -2.33. The van der Waals surface area contributed by atoms with E-state index in [1.54, 1.807) is 12.1 Å². The maximum absolute atomic E-state index is 13.0. The monoisotopic (exact) mass is 344 g/mol. The summed E-state index contributed by atoms with van der Waals surface area (Å²) < 4.78 is 18.4. The predicted octanol–water partition coefficient (Wildman–Crippen LogP) is 2.99. The summed E-state index contributed by atoms with van der Waals surface area (Å²) in [6.07, 6.45) is 3.09. The second-order valence-electron chi connectivity index (χ2n) is 5.99. The average Bonchev–Trinajstić information content (AvgIpc) is 2.51. The van der Waals surface area contributed by atoms with Crippen molar-refractivity contribution in [1.29, 1.82) is 0 Å². The van der Waals surface area contributed by atoms with E-state index >= 15 is 0 Å². The number of likely N-dealkylation sites (tertiary alicyclic amines) is 1. The molecule has 2 N–H and O–H groups in total. The second kappa shape index (κ2) is 9.73. The first-order valence-corrected chi connectivity index (χ1v) is 7.98. The zero-order valence-electron chi connectivity index (χ0n) is 13.5. The quantitative estimate of drug-likeness (QED) is 0.807. The highest BCUT2D eigenvalue weighted by Gasteiger charge is 2.24. The van der Waals surface area contributed by atoms with Crippen molar-refractivity contribution < 1.29 is 13.9 Å². The molecule has 0 bridgehead atoms. The largest absolute Gasteiger partial charge is 0.493 e. The summed E-state index contributed by atoms with van der Waals surface area (Å²) in [4.78, 5) is 14.0. The standard InChI is InChI=1S/C17H25FN2O2.ClH/c1-13(19)14-7-9-20(10-8-14)17(21)6-3-11-22-16-5-2-4-15(18)12-16;/h2,4-5,12-14H,3,6-11,19H2,1H3;1H. The van der Waals surface area contributed by atoms with E-state index in [2.05, 4.69) is 0 Å². The van der Waals surface area contributed by atoms with Gasteiger partial charge in [-0.15, -0.1) is 12.4 Å². The highest BCUT2D eigenvalue weighted by atomic mass is 35.5. The number of halogens is 2. The number of nitrogens with two attached hydrogens (primary N) is 1. The lowest BCUT2D eigenvalue weighted by molar-refractivity contribution is -0.132. The van der Waals surface area contributed by atoms with Gasteiger partial charge in [-0.2, -0.15) is 0 Å². The van der Waals surface area contributed by atoms with Crippen LogP contribution in [0, 0.1) is 11.7 Å². The van der Waals surface area contributed by atoms with Gasteiger partial charge in [0.15, 0.2) is 0 Å². The van der Waals surface area contributed by atoms with E-state index in [1.807, 2.05) is 11.8 Å². The van der Waals surface area contributed by atoms with Gasteiger partial charge in [-0.25, -0.2) is 4.39 Å². The SMILES string of the molecule is CC(N)C1CCN(C(=O)CCCOc2cccc(F)c2)CC1.Cl. The number of rotatable bonds is 6. The highest BCUT2D eigenvalue weighted by molar-refractivity contribution is 5.85. The Labute approximate surface area is 143 Å². The van der Waals surface area contributed by atoms with Gasteiger partial charge >= 0.3 is 0 Å². The first-order chi connectivity index (χ1) is 10.6. The Kier molecular flexibility index (Phi) is 8.34. The molecule has 1 amide bonds. The Morgan fingerprint density at radius 2 is 2.13 bits per heavy atom. The molecule has 4 nitrogen and oxygen atoms in total. The minimum Gasteiger partial charge on any atom is -0.493 e. The van der Waals surface area contributed by atoms with Crippen molar-refractivity contribution in [2.45, 2.75) is 38.6 Å². The zero-order valence-corrected chi connectivity index (χ0v) is 14.4. The van der Waals surface area contributed by atoms with Crippen molar-refractivity contribution in [2.24, 2.45) is 11.7 Å². The number of piperidine rings is 1. The number of hydrogen-bond acceptors (Lipinski definition) is 3. The molecule has 1 aromatic rings. The van der Waals surface area contributed by atoms with E-state index < -0.39 is 0 Å². The Morgan fingerprint density at radius 1 is 1.43 bits per heavy atom. The molecule has 1 heterocycles. The van der Waals surface area contributed by atoms with Crippen LogP contribution < -0.4 is 10.5 Å². The molecule has 0 aromatic heterocycles. The van der Waals surface area contributed by atoms with Gasteiger partial charge in [-0.1, -0.05) is 6.07 Å². The van der Waals surface area contributed by atoms with Gasteiger partial charge in [0.05, 0.1) is 6.61 Å². The summed E-state index contributed by atoms with van der Waals surface area (Å²) in [5.41, 5.74) is 5.91. The molecule has 6 heteroatoms. The molecular weight excluding hydrogens is 319 g/mol. The van der Waals surface area contributed by atoms with Crippen LogP contribution in [0.5, 0.6) is 5.75 Å². The summed E-state index contributed by atoms with van der Waals surface area (Å²) in [6.45, 7) is 4.06. The van der Waals surface area contributed by atoms with Crippen LogP contribution in [-0.4, -0.2) is 36.5 Å². The summed E-state index contributed by atoms with van der Waals surface area (Å²) in [5, 5.41) is 0. The van der Waals surface area contributed by atoms with Crippen LogP contribution in [0.2, 0.25) is 0 Å². The van der Waals surface area contributed by atoms with Crippen molar-refractivity contribution in [3.63, 3.8) is 0 Å². The molecule has 0 saturated carbocycles. The van der Waals surface area contributed by atoms with E-state index in [1.165, 1.54) is 12.1 Å². The molecule has 0 spiro atoms. The zero-order chi connectivity index (χ0) is 15.9. The highest BCUT2D eigenvalue weighted by Crippen LogP contribution is 2.20. The van der Waals surface area contributed by atoms with Crippen LogP contribution in [0.15, 0.2) is 24.3 Å². The fourth-order valence-corrected chi connectivity index (χ4v) is 2.80. The van der Waals surface area contributed by atoms with Crippen LogP contribution in [0.25, 0.3) is 0 Å². The number of amides is 1. The van der Waals surface area contributed by atoms with Crippen LogP contribution in [0.3, 0.4) is 0 Å². The third-order valence-electron chi connectivity index (χ3n) is 4.24. The third kappa shape index (κ3) is 6.36. The van der Waals surface area contributed by atoms with E-state index in [-0.39, 0.29) is 30.2 Å². The van der Waals surface area contributed by atoms with Gasteiger partial charge in [-0.05, 0) is 44.2 Å². The van der Waals surface area contributed by atoms with Crippen molar-refractivity contribution in [1.82, 2.24) is 4.90 Å². The molecule has 1 saturated heterocycles. The average molecular weight is 345 g/mol. The number of ether oxygens (including phenoxy) is 1. The number of hydrogen-bond donors (Lipinski definition) is 1. The lowest BCUT2D eigenvalue weighted by Crippen LogP contribution is -2.42. The molecule has 1 atom stereocenters. The molecule has 0 radical (unpaired) electrons. The van der Waals surface area contributed by atoms with Crippen LogP contribution in [0.1, 0.15) is 32.6 Å². The van der Waals surface area contributed by atoms with Crippen molar-refractivity contribution in [3.05, 3.63) is 30.1 Å². The number of nitrogens with zero attached hydrogens (tertiary/aromatic N) is 1. The number of carbonyl (C=O) groups is 1. The topological polar surface area (TPSA) is 55.6 Å². The van der Waals surface area contributed by atoms with E-state index in [4.69, 9.17) is 10.5 Å². The van der Waals surface area contributed by atoms with Gasteiger partial charge in [0.25, 0.3) is 0 Å². The minimum atomic E-state index is -0.314. The maximum Gasteiger partial charge on any atom is 0.222 e. The molecule has 1 unspecified atom stereocenters. The van der Waals surface area contributed by atoms with E-state index in [0.717, 1.165) is 25.9 Å². The maximum atomic E-state index is 13.0. The molecule has 23 heavy (non-hydrogen) atoms. The van der Waals surface area contributed by atoms with Gasteiger partial charge in [0.2, 0.25) is 5.91 Å². The summed E-state index contributed by atoms with van der Waals surface area (Å²) in [7, 11) is 0. The Hall–Kier alpha value is -1.33. The Bertz CT molecular complexity index is 491. The van der Waals surface area contributed by atoms with Crippen LogP contribution in [0.4, 0.5) is 4.39 Å². The summed E-state index contributed by atoms with van der Waals surface area (Å²) >= 11 is 0. The van der Waals surface area contributed by atoms with E-state index in [0.29, 0.717) is 31.1 Å². The second-order valence-corrected chi connectivity index (χ2v) is 5.99. The van der Waals surface area contributed by atoms with Crippen LogP contribution in [-0.2, 0) is 4.79 Å². The third-order valence-corrected chi connectivity index (χ3v) is 4.24. The Morgan fingerprint density at radius 3 is 2.74 bits per heavy atom. The van der Waals surface area contributed by atoms with Gasteiger partial charge in [0, 0.05) is 31.6 Å². The smallest absolute Gasteiger partial charge is 0.222 e. The molecule has 0 aliphatic carbocycles. The molecule has 1 aliphatic heterocycles. The number of carbonyl (C=O) groups excluding carboxylic acids is 1. The molecule has 2 rings (SSSR count). The van der Waals surface area contributed by atoms with Crippen molar-refractivity contribution >= 4 is 18.3 Å². The van der Waals surface area contributed by atoms with Gasteiger partial charge < -0.3 is 15.4 Å². The van der Waals surface area contributed by atoms with Crippen molar-refractivity contribution in [2.75, 3.05) is 19.7 Å².